The molecule has 2 heterocycles. The number of nitrogens with one attached hydrogen (secondary N) is 1. The number of hydrogen-bond donors (Lipinski definition) is 2. The number of nitrogens with two attached hydrogens (primary N) is 1. The van der Waals surface area contributed by atoms with Crippen LogP contribution in [0.25, 0.3) is 0 Å². The third-order valence-corrected chi connectivity index (χ3v) is 2.94. The molecule has 0 aliphatic carbocycles. The summed E-state index contributed by atoms with van der Waals surface area (Å²) in [5, 5.41) is 5.39. The molecule has 0 aliphatic heterocycles. The van der Waals surface area contributed by atoms with E-state index in [9.17, 15) is 0 Å². The van der Waals surface area contributed by atoms with Gasteiger partial charge in [-0.25, -0.2) is 9.97 Å². The molecule has 1 unspecified atom stereocenters. The molecule has 0 bridgehead atoms. The van der Waals surface area contributed by atoms with Crippen molar-refractivity contribution in [3.63, 3.8) is 0 Å². The first kappa shape index (κ1) is 11.0. The van der Waals surface area contributed by atoms with E-state index in [0.717, 1.165) is 17.8 Å². The van der Waals surface area contributed by atoms with Gasteiger partial charge in [-0.1, -0.05) is 13.0 Å². The van der Waals surface area contributed by atoms with Gasteiger partial charge in [-0.3, -0.25) is 0 Å². The van der Waals surface area contributed by atoms with Crippen LogP contribution < -0.4 is 11.1 Å². The molecule has 0 saturated heterocycles. The Kier molecular flexibility index (Phi) is 3.48. The predicted octanol–water partition coefficient (Wildman–Crippen LogP) is 1.82. The highest BCUT2D eigenvalue weighted by Crippen LogP contribution is 2.24. The maximum absolute atomic E-state index is 5.88. The van der Waals surface area contributed by atoms with Crippen molar-refractivity contribution in [2.45, 2.75) is 13.0 Å². The van der Waals surface area contributed by atoms with Gasteiger partial charge in [-0.15, -0.1) is 11.3 Å². The van der Waals surface area contributed by atoms with E-state index in [4.69, 9.17) is 5.73 Å². The second kappa shape index (κ2) is 5.05. The lowest BCUT2D eigenvalue weighted by Gasteiger charge is -2.17. The molecule has 3 N–H and O–H groups in total. The van der Waals surface area contributed by atoms with E-state index in [1.165, 1.54) is 0 Å². The van der Waals surface area contributed by atoms with Crippen molar-refractivity contribution in [2.24, 2.45) is 0 Å². The van der Waals surface area contributed by atoms with E-state index in [1.807, 2.05) is 23.0 Å². The highest BCUT2D eigenvalue weighted by Gasteiger charge is 2.17. The van der Waals surface area contributed by atoms with Gasteiger partial charge >= 0.3 is 0 Å². The Labute approximate surface area is 98.6 Å². The summed E-state index contributed by atoms with van der Waals surface area (Å²) in [6, 6.07) is 3.90. The molecule has 2 aromatic rings. The molecular formula is C11H14N4S. The minimum Gasteiger partial charge on any atom is -0.383 e. The van der Waals surface area contributed by atoms with E-state index in [-0.39, 0.29) is 6.04 Å². The number of nitrogens with zero attached hydrogens (tertiary/aromatic N) is 2. The normalized spacial score (nSPS) is 12.6. The zero-order valence-electron chi connectivity index (χ0n) is 9.05. The molecule has 0 aromatic carbocycles. The number of pyridine rings is 1. The molecule has 2 aromatic heterocycles. The molecule has 0 amide bonds. The van der Waals surface area contributed by atoms with Crippen molar-refractivity contribution in [2.75, 3.05) is 12.3 Å². The van der Waals surface area contributed by atoms with Gasteiger partial charge in [0.05, 0.1) is 17.2 Å². The Balaban J connectivity index is 2.37. The van der Waals surface area contributed by atoms with Gasteiger partial charge in [0, 0.05) is 17.1 Å². The van der Waals surface area contributed by atoms with E-state index in [2.05, 4.69) is 22.2 Å². The average molecular weight is 234 g/mol. The number of aromatic nitrogens is 2. The fourth-order valence-corrected chi connectivity index (χ4v) is 2.20. The van der Waals surface area contributed by atoms with Gasteiger partial charge in [0.25, 0.3) is 0 Å². The van der Waals surface area contributed by atoms with Crippen LogP contribution in [-0.4, -0.2) is 16.5 Å². The summed E-state index contributed by atoms with van der Waals surface area (Å²) >= 11 is 1.58. The maximum atomic E-state index is 5.88. The summed E-state index contributed by atoms with van der Waals surface area (Å²) in [6.07, 6.45) is 1.70. The summed E-state index contributed by atoms with van der Waals surface area (Å²) in [4.78, 5) is 8.43. The van der Waals surface area contributed by atoms with Gasteiger partial charge in [-0.05, 0) is 12.6 Å². The standard InChI is InChI=1S/C11H14N4S/c1-2-13-10(9-6-16-7-15-9)8-4-3-5-14-11(8)12/h3-7,10,13H,2H2,1H3,(H2,12,14). The van der Waals surface area contributed by atoms with Crippen molar-refractivity contribution >= 4 is 17.2 Å². The highest BCUT2D eigenvalue weighted by molar-refractivity contribution is 7.07. The van der Waals surface area contributed by atoms with Crippen LogP contribution in [-0.2, 0) is 0 Å². The van der Waals surface area contributed by atoms with Crippen LogP contribution in [0.3, 0.4) is 0 Å². The molecule has 4 nitrogen and oxygen atoms in total. The summed E-state index contributed by atoms with van der Waals surface area (Å²) < 4.78 is 0. The van der Waals surface area contributed by atoms with Crippen LogP contribution in [0.15, 0.2) is 29.2 Å². The van der Waals surface area contributed by atoms with Crippen molar-refractivity contribution in [3.05, 3.63) is 40.5 Å². The van der Waals surface area contributed by atoms with E-state index in [0.29, 0.717) is 5.82 Å². The fraction of sp³-hybridized carbons (Fsp3) is 0.273. The predicted molar refractivity (Wildman–Crippen MR) is 66.3 cm³/mol. The first-order valence-corrected chi connectivity index (χ1v) is 6.09. The fourth-order valence-electron chi connectivity index (χ4n) is 1.62. The van der Waals surface area contributed by atoms with E-state index < -0.39 is 0 Å². The second-order valence-corrected chi connectivity index (χ2v) is 4.10. The summed E-state index contributed by atoms with van der Waals surface area (Å²) in [5.74, 6) is 0.557. The molecule has 5 heteroatoms. The van der Waals surface area contributed by atoms with Crippen LogP contribution in [0, 0.1) is 0 Å². The third-order valence-electron chi connectivity index (χ3n) is 2.34. The highest BCUT2D eigenvalue weighted by atomic mass is 32.1. The van der Waals surface area contributed by atoms with Crippen molar-refractivity contribution in [1.29, 1.82) is 0 Å². The zero-order chi connectivity index (χ0) is 11.4. The lowest BCUT2D eigenvalue weighted by molar-refractivity contribution is 0.618. The number of anilines is 1. The Morgan fingerprint density at radius 1 is 1.50 bits per heavy atom. The van der Waals surface area contributed by atoms with Crippen LogP contribution >= 0.6 is 11.3 Å². The third kappa shape index (κ3) is 2.20. The second-order valence-electron chi connectivity index (χ2n) is 3.38. The SMILES string of the molecule is CCNC(c1cscn1)c1cccnc1N. The Hall–Kier alpha value is -1.46. The van der Waals surface area contributed by atoms with E-state index >= 15 is 0 Å². The molecule has 0 saturated carbocycles. The van der Waals surface area contributed by atoms with Gasteiger partial charge in [0.1, 0.15) is 5.82 Å². The first-order valence-electron chi connectivity index (χ1n) is 5.14. The molecule has 16 heavy (non-hydrogen) atoms. The first-order chi connectivity index (χ1) is 7.83. The van der Waals surface area contributed by atoms with Gasteiger partial charge in [0.15, 0.2) is 0 Å². The van der Waals surface area contributed by atoms with Crippen LogP contribution in [0.4, 0.5) is 5.82 Å². The lowest BCUT2D eigenvalue weighted by Crippen LogP contribution is -2.23. The number of hydrogen-bond acceptors (Lipinski definition) is 5. The molecule has 0 spiro atoms. The zero-order valence-corrected chi connectivity index (χ0v) is 9.87. The topological polar surface area (TPSA) is 63.8 Å². The maximum Gasteiger partial charge on any atom is 0.128 e. The van der Waals surface area contributed by atoms with E-state index in [1.54, 1.807) is 17.5 Å². The Morgan fingerprint density at radius 3 is 3.00 bits per heavy atom. The minimum atomic E-state index is 0.0324. The number of nitrogen functional groups attached to an aromatic ring is 1. The largest absolute Gasteiger partial charge is 0.383 e. The van der Waals surface area contributed by atoms with Gasteiger partial charge in [0.2, 0.25) is 0 Å². The molecule has 0 radical (unpaired) electrons. The Morgan fingerprint density at radius 2 is 2.38 bits per heavy atom. The number of thiazole rings is 1. The lowest BCUT2D eigenvalue weighted by atomic mass is 10.1. The average Bonchev–Trinajstić information content (AvgIpc) is 2.80. The van der Waals surface area contributed by atoms with Crippen molar-refractivity contribution in [3.8, 4) is 0 Å². The molecule has 0 fully saturated rings. The molecule has 2 rings (SSSR count). The van der Waals surface area contributed by atoms with Gasteiger partial charge < -0.3 is 11.1 Å². The smallest absolute Gasteiger partial charge is 0.128 e. The molecule has 0 aliphatic rings. The summed E-state index contributed by atoms with van der Waals surface area (Å²) in [5.41, 5.74) is 9.68. The van der Waals surface area contributed by atoms with Crippen LogP contribution in [0.5, 0.6) is 0 Å². The van der Waals surface area contributed by atoms with Crippen LogP contribution in [0.1, 0.15) is 24.2 Å². The summed E-state index contributed by atoms with van der Waals surface area (Å²) in [7, 11) is 0. The van der Waals surface area contributed by atoms with Crippen molar-refractivity contribution in [1.82, 2.24) is 15.3 Å². The van der Waals surface area contributed by atoms with Crippen molar-refractivity contribution < 1.29 is 0 Å². The summed E-state index contributed by atoms with van der Waals surface area (Å²) in [6.45, 7) is 2.92. The molecule has 84 valence electrons. The monoisotopic (exact) mass is 234 g/mol. The number of rotatable bonds is 4. The molecule has 1 atom stereocenters. The van der Waals surface area contributed by atoms with Gasteiger partial charge in [-0.2, -0.15) is 0 Å². The Bertz CT molecular complexity index is 441. The quantitative estimate of drug-likeness (QED) is 0.847. The van der Waals surface area contributed by atoms with Crippen LogP contribution in [0.2, 0.25) is 0 Å². The molecular weight excluding hydrogens is 220 g/mol. The minimum absolute atomic E-state index is 0.0324.